The van der Waals surface area contributed by atoms with E-state index in [2.05, 4.69) is 70.5 Å². The second-order valence-electron chi connectivity index (χ2n) is 6.65. The normalized spacial score (nSPS) is 21.6. The van der Waals surface area contributed by atoms with E-state index in [1.54, 1.807) is 0 Å². The molecule has 4 rings (SSSR count). The maximum absolute atomic E-state index is 2.73. The van der Waals surface area contributed by atoms with Crippen LogP contribution in [0.2, 0.25) is 0 Å². The van der Waals surface area contributed by atoms with Crippen molar-refractivity contribution in [1.82, 2.24) is 9.80 Å². The molecule has 0 N–H and O–H groups in total. The predicted octanol–water partition coefficient (Wildman–Crippen LogP) is 3.49. The lowest BCUT2D eigenvalue weighted by Gasteiger charge is -2.40. The molecule has 1 aliphatic carbocycles. The summed E-state index contributed by atoms with van der Waals surface area (Å²) in [5.41, 5.74) is 3.31. The summed E-state index contributed by atoms with van der Waals surface area (Å²) in [6.07, 6.45) is 2.66. The number of benzene rings is 2. The van der Waals surface area contributed by atoms with E-state index in [1.165, 1.54) is 50.1 Å². The molecule has 1 aliphatic heterocycles. The van der Waals surface area contributed by atoms with Crippen molar-refractivity contribution in [2.75, 3.05) is 26.2 Å². The molecule has 2 heteroatoms. The molecule has 0 unspecified atom stereocenters. The van der Waals surface area contributed by atoms with Crippen LogP contribution in [0.25, 0.3) is 0 Å². The quantitative estimate of drug-likeness (QED) is 0.851. The van der Waals surface area contributed by atoms with Crippen molar-refractivity contribution in [3.8, 4) is 0 Å². The highest BCUT2D eigenvalue weighted by Gasteiger charge is 2.49. The van der Waals surface area contributed by atoms with Crippen molar-refractivity contribution >= 4 is 0 Å². The van der Waals surface area contributed by atoms with Gasteiger partial charge in [0.2, 0.25) is 0 Å². The lowest BCUT2D eigenvalue weighted by molar-refractivity contribution is 0.0797. The van der Waals surface area contributed by atoms with Crippen molar-refractivity contribution in [1.29, 1.82) is 0 Å². The number of nitrogens with zero attached hydrogens (tertiary/aromatic N) is 2. The molecule has 2 aliphatic rings. The molecule has 0 atom stereocenters. The van der Waals surface area contributed by atoms with Gasteiger partial charge in [0.25, 0.3) is 0 Å². The van der Waals surface area contributed by atoms with Gasteiger partial charge in [0.15, 0.2) is 0 Å². The molecule has 0 aromatic heterocycles. The largest absolute Gasteiger partial charge is 0.297 e. The fourth-order valence-corrected chi connectivity index (χ4v) is 3.83. The van der Waals surface area contributed by atoms with Gasteiger partial charge >= 0.3 is 0 Å². The third-order valence-electron chi connectivity index (χ3n) is 5.26. The van der Waals surface area contributed by atoms with Gasteiger partial charge in [-0.1, -0.05) is 60.7 Å². The topological polar surface area (TPSA) is 6.48 Å². The van der Waals surface area contributed by atoms with Gasteiger partial charge in [-0.05, 0) is 24.0 Å². The molecule has 0 radical (unpaired) electrons. The molecular formula is C20H24N2. The summed E-state index contributed by atoms with van der Waals surface area (Å²) in [4.78, 5) is 5.32. The predicted molar refractivity (Wildman–Crippen MR) is 90.6 cm³/mol. The van der Waals surface area contributed by atoms with Crippen molar-refractivity contribution in [3.05, 3.63) is 71.8 Å². The maximum atomic E-state index is 2.73. The lowest BCUT2D eigenvalue weighted by Crippen LogP contribution is -2.50. The molecule has 1 heterocycles. The Morgan fingerprint density at radius 3 is 1.91 bits per heavy atom. The molecule has 114 valence electrons. The monoisotopic (exact) mass is 292 g/mol. The molecule has 0 spiro atoms. The Bertz CT molecular complexity index is 596. The minimum Gasteiger partial charge on any atom is -0.297 e. The maximum Gasteiger partial charge on any atom is 0.0463 e. The smallest absolute Gasteiger partial charge is 0.0463 e. The summed E-state index contributed by atoms with van der Waals surface area (Å²) in [5.74, 6) is 0. The Morgan fingerprint density at radius 2 is 1.32 bits per heavy atom. The van der Waals surface area contributed by atoms with E-state index in [0.29, 0.717) is 5.54 Å². The van der Waals surface area contributed by atoms with Gasteiger partial charge in [-0.25, -0.2) is 0 Å². The molecule has 2 nitrogen and oxygen atoms in total. The molecule has 1 saturated carbocycles. The van der Waals surface area contributed by atoms with Crippen LogP contribution in [0.15, 0.2) is 60.7 Å². The number of piperazine rings is 1. The van der Waals surface area contributed by atoms with Crippen molar-refractivity contribution < 1.29 is 0 Å². The minimum atomic E-state index is 0.361. The zero-order valence-corrected chi connectivity index (χ0v) is 13.1. The Balaban J connectivity index is 1.38. The van der Waals surface area contributed by atoms with E-state index in [-0.39, 0.29) is 0 Å². The van der Waals surface area contributed by atoms with Crippen molar-refractivity contribution in [2.45, 2.75) is 24.9 Å². The molecule has 2 aromatic carbocycles. The fraction of sp³-hybridized carbons (Fsp3) is 0.400. The van der Waals surface area contributed by atoms with Gasteiger partial charge in [-0.2, -0.15) is 0 Å². The second kappa shape index (κ2) is 5.86. The van der Waals surface area contributed by atoms with E-state index >= 15 is 0 Å². The van der Waals surface area contributed by atoms with Crippen molar-refractivity contribution in [3.63, 3.8) is 0 Å². The first-order chi connectivity index (χ1) is 10.9. The van der Waals surface area contributed by atoms with Crippen LogP contribution in [-0.2, 0) is 12.1 Å². The van der Waals surface area contributed by atoms with Gasteiger partial charge in [-0.15, -0.1) is 0 Å². The Morgan fingerprint density at radius 1 is 0.727 bits per heavy atom. The average molecular weight is 292 g/mol. The Labute approximate surface area is 133 Å². The van der Waals surface area contributed by atoms with Crippen LogP contribution < -0.4 is 0 Å². The summed E-state index contributed by atoms with van der Waals surface area (Å²) < 4.78 is 0. The van der Waals surface area contributed by atoms with Gasteiger partial charge < -0.3 is 0 Å². The summed E-state index contributed by atoms with van der Waals surface area (Å²) in [6, 6.07) is 21.9. The van der Waals surface area contributed by atoms with Gasteiger partial charge in [-0.3, -0.25) is 9.80 Å². The van der Waals surface area contributed by atoms with E-state index in [1.807, 2.05) is 0 Å². The first-order valence-corrected chi connectivity index (χ1v) is 8.44. The average Bonchev–Trinajstić information content (AvgIpc) is 3.39. The standard InChI is InChI=1S/C20H24N2/c1-3-7-18(8-4-1)17-21-13-15-22(16-14-21)20(11-12-20)19-9-5-2-6-10-19/h1-10H,11-17H2. The van der Waals surface area contributed by atoms with Crippen LogP contribution in [0.3, 0.4) is 0 Å². The highest BCUT2D eigenvalue weighted by molar-refractivity contribution is 5.30. The highest BCUT2D eigenvalue weighted by Crippen LogP contribution is 2.51. The molecular weight excluding hydrogens is 268 g/mol. The van der Waals surface area contributed by atoms with Crippen LogP contribution in [0.4, 0.5) is 0 Å². The first kappa shape index (κ1) is 14.0. The molecule has 0 amide bonds. The number of rotatable bonds is 4. The lowest BCUT2D eigenvalue weighted by atomic mass is 10.0. The van der Waals surface area contributed by atoms with E-state index in [0.717, 1.165) is 6.54 Å². The number of hydrogen-bond acceptors (Lipinski definition) is 2. The minimum absolute atomic E-state index is 0.361. The fourth-order valence-electron chi connectivity index (χ4n) is 3.83. The van der Waals surface area contributed by atoms with Crippen LogP contribution in [0.1, 0.15) is 24.0 Å². The van der Waals surface area contributed by atoms with Gasteiger partial charge in [0.05, 0.1) is 0 Å². The van der Waals surface area contributed by atoms with Crippen molar-refractivity contribution in [2.24, 2.45) is 0 Å². The van der Waals surface area contributed by atoms with E-state index in [9.17, 15) is 0 Å². The van der Waals surface area contributed by atoms with Gasteiger partial charge in [0, 0.05) is 38.3 Å². The summed E-state index contributed by atoms with van der Waals surface area (Å²) in [7, 11) is 0. The Hall–Kier alpha value is -1.64. The SMILES string of the molecule is c1ccc(CN2CCN(C3(c4ccccc4)CC3)CC2)cc1. The zero-order chi connectivity index (χ0) is 14.8. The third kappa shape index (κ3) is 2.69. The number of hydrogen-bond donors (Lipinski definition) is 0. The summed E-state index contributed by atoms with van der Waals surface area (Å²) in [6.45, 7) is 5.85. The van der Waals surface area contributed by atoms with E-state index < -0.39 is 0 Å². The van der Waals surface area contributed by atoms with Gasteiger partial charge in [0.1, 0.15) is 0 Å². The summed E-state index contributed by atoms with van der Waals surface area (Å²) >= 11 is 0. The summed E-state index contributed by atoms with van der Waals surface area (Å²) in [5, 5.41) is 0. The highest BCUT2D eigenvalue weighted by atomic mass is 15.3. The van der Waals surface area contributed by atoms with Crippen LogP contribution >= 0.6 is 0 Å². The third-order valence-corrected chi connectivity index (χ3v) is 5.26. The molecule has 2 aromatic rings. The molecule has 2 fully saturated rings. The second-order valence-corrected chi connectivity index (χ2v) is 6.65. The molecule has 22 heavy (non-hydrogen) atoms. The zero-order valence-electron chi connectivity index (χ0n) is 13.1. The molecule has 0 bridgehead atoms. The van der Waals surface area contributed by atoms with Crippen LogP contribution in [-0.4, -0.2) is 36.0 Å². The van der Waals surface area contributed by atoms with E-state index in [4.69, 9.17) is 0 Å². The van der Waals surface area contributed by atoms with Crippen LogP contribution in [0, 0.1) is 0 Å². The first-order valence-electron chi connectivity index (χ1n) is 8.44. The van der Waals surface area contributed by atoms with Crippen LogP contribution in [0.5, 0.6) is 0 Å². The molecule has 1 saturated heterocycles. The Kier molecular flexibility index (Phi) is 3.73.